The normalized spacial score (nSPS) is 13.0. The van der Waals surface area contributed by atoms with Crippen molar-refractivity contribution in [2.24, 2.45) is 0 Å². The standard InChI is InChI=1S/C21H29N5O3/c1-5-8-16-25-17-18(14-9-6-7-10-15(14)24-19(17)22)26(16)12-13(27)11-23-20(28)29-21(2,3)4/h6-7,9-10,13,27H,5,8,11-12H2,1-4H3,(H2,22,24)(H,23,28). The van der Waals surface area contributed by atoms with Crippen LogP contribution in [0.15, 0.2) is 24.3 Å². The van der Waals surface area contributed by atoms with Crippen molar-refractivity contribution in [2.75, 3.05) is 12.3 Å². The van der Waals surface area contributed by atoms with Crippen molar-refractivity contribution in [1.82, 2.24) is 19.9 Å². The minimum absolute atomic E-state index is 0.0681. The molecule has 156 valence electrons. The number of alkyl carbamates (subject to hydrolysis) is 1. The van der Waals surface area contributed by atoms with Gasteiger partial charge in [-0.15, -0.1) is 0 Å². The fraction of sp³-hybridized carbons (Fsp3) is 0.476. The van der Waals surface area contributed by atoms with Gasteiger partial charge in [0.25, 0.3) is 0 Å². The third-order valence-corrected chi connectivity index (χ3v) is 4.44. The van der Waals surface area contributed by atoms with Gasteiger partial charge in [-0.1, -0.05) is 25.1 Å². The maximum Gasteiger partial charge on any atom is 0.407 e. The molecule has 3 aromatic rings. The van der Waals surface area contributed by atoms with Crippen LogP contribution < -0.4 is 11.1 Å². The highest BCUT2D eigenvalue weighted by Crippen LogP contribution is 2.29. The number of nitrogens with two attached hydrogens (primary N) is 1. The first-order valence-electron chi connectivity index (χ1n) is 9.88. The van der Waals surface area contributed by atoms with Crippen molar-refractivity contribution in [3.63, 3.8) is 0 Å². The Labute approximate surface area is 170 Å². The lowest BCUT2D eigenvalue weighted by atomic mass is 10.2. The lowest BCUT2D eigenvalue weighted by Crippen LogP contribution is -2.38. The van der Waals surface area contributed by atoms with Gasteiger partial charge in [0, 0.05) is 18.4 Å². The van der Waals surface area contributed by atoms with E-state index >= 15 is 0 Å². The summed E-state index contributed by atoms with van der Waals surface area (Å²) in [5, 5.41) is 14.1. The van der Waals surface area contributed by atoms with E-state index in [4.69, 9.17) is 15.5 Å². The first kappa shape index (κ1) is 20.9. The van der Waals surface area contributed by atoms with Crippen molar-refractivity contribution in [3.8, 4) is 0 Å². The van der Waals surface area contributed by atoms with E-state index in [9.17, 15) is 9.90 Å². The Kier molecular flexibility index (Phi) is 5.93. The Hall–Kier alpha value is -2.87. The lowest BCUT2D eigenvalue weighted by molar-refractivity contribution is 0.0485. The number of benzene rings is 1. The summed E-state index contributed by atoms with van der Waals surface area (Å²) in [6.07, 6.45) is 0.276. The summed E-state index contributed by atoms with van der Waals surface area (Å²) in [6.45, 7) is 7.79. The molecule has 0 aliphatic heterocycles. The van der Waals surface area contributed by atoms with E-state index in [0.29, 0.717) is 11.3 Å². The third kappa shape index (κ3) is 4.76. The molecular weight excluding hydrogens is 370 g/mol. The number of para-hydroxylation sites is 1. The highest BCUT2D eigenvalue weighted by atomic mass is 16.6. The molecule has 29 heavy (non-hydrogen) atoms. The number of nitrogens with one attached hydrogen (secondary N) is 1. The number of ether oxygens (including phenoxy) is 1. The minimum atomic E-state index is -0.816. The first-order valence-corrected chi connectivity index (χ1v) is 9.88. The van der Waals surface area contributed by atoms with Gasteiger partial charge in [-0.3, -0.25) is 0 Å². The van der Waals surface area contributed by atoms with Gasteiger partial charge in [0.15, 0.2) is 5.82 Å². The van der Waals surface area contributed by atoms with Crippen LogP contribution >= 0.6 is 0 Å². The smallest absolute Gasteiger partial charge is 0.407 e. The average molecular weight is 399 g/mol. The molecule has 2 heterocycles. The summed E-state index contributed by atoms with van der Waals surface area (Å²) < 4.78 is 7.21. The van der Waals surface area contributed by atoms with Crippen LogP contribution in [0.5, 0.6) is 0 Å². The average Bonchev–Trinajstić information content (AvgIpc) is 2.98. The molecule has 8 nitrogen and oxygen atoms in total. The predicted molar refractivity (Wildman–Crippen MR) is 114 cm³/mol. The quantitative estimate of drug-likeness (QED) is 0.587. The molecule has 1 unspecified atom stereocenters. The van der Waals surface area contributed by atoms with Crippen LogP contribution in [0.2, 0.25) is 0 Å². The van der Waals surface area contributed by atoms with Crippen LogP contribution in [-0.2, 0) is 17.7 Å². The number of aliphatic hydroxyl groups excluding tert-OH is 1. The van der Waals surface area contributed by atoms with E-state index in [0.717, 1.165) is 35.1 Å². The molecule has 0 fully saturated rings. The second-order valence-electron chi connectivity index (χ2n) is 8.14. The fourth-order valence-electron chi connectivity index (χ4n) is 3.31. The van der Waals surface area contributed by atoms with Crippen molar-refractivity contribution in [2.45, 2.75) is 58.8 Å². The summed E-state index contributed by atoms with van der Waals surface area (Å²) in [6, 6.07) is 7.73. The van der Waals surface area contributed by atoms with Gasteiger partial charge in [0.1, 0.15) is 16.9 Å². The Balaban J connectivity index is 1.91. The summed E-state index contributed by atoms with van der Waals surface area (Å²) in [4.78, 5) is 21.0. The number of nitrogens with zero attached hydrogens (tertiary/aromatic N) is 3. The zero-order chi connectivity index (χ0) is 21.2. The van der Waals surface area contributed by atoms with E-state index in [1.54, 1.807) is 20.8 Å². The fourth-order valence-corrected chi connectivity index (χ4v) is 3.31. The zero-order valence-corrected chi connectivity index (χ0v) is 17.4. The van der Waals surface area contributed by atoms with Crippen LogP contribution in [0.1, 0.15) is 39.9 Å². The minimum Gasteiger partial charge on any atom is -0.444 e. The van der Waals surface area contributed by atoms with E-state index in [-0.39, 0.29) is 13.1 Å². The number of hydrogen-bond donors (Lipinski definition) is 3. The summed E-state index contributed by atoms with van der Waals surface area (Å²) >= 11 is 0. The van der Waals surface area contributed by atoms with Crippen molar-refractivity contribution >= 4 is 33.8 Å². The van der Waals surface area contributed by atoms with Gasteiger partial charge in [-0.2, -0.15) is 0 Å². The van der Waals surface area contributed by atoms with Gasteiger partial charge in [0.2, 0.25) is 0 Å². The number of fused-ring (bicyclic) bond motifs is 3. The number of aromatic nitrogens is 3. The number of pyridine rings is 1. The topological polar surface area (TPSA) is 115 Å². The maximum atomic E-state index is 11.9. The molecule has 1 aromatic carbocycles. The Morgan fingerprint density at radius 2 is 2.03 bits per heavy atom. The van der Waals surface area contributed by atoms with Crippen molar-refractivity contribution in [3.05, 3.63) is 30.1 Å². The summed E-state index contributed by atoms with van der Waals surface area (Å²) in [7, 11) is 0. The molecule has 1 atom stereocenters. The molecule has 0 saturated carbocycles. The van der Waals surface area contributed by atoms with E-state index < -0.39 is 17.8 Å². The molecule has 0 saturated heterocycles. The Morgan fingerprint density at radius 3 is 2.72 bits per heavy atom. The zero-order valence-electron chi connectivity index (χ0n) is 17.4. The highest BCUT2D eigenvalue weighted by molar-refractivity contribution is 6.06. The van der Waals surface area contributed by atoms with Gasteiger partial charge < -0.3 is 25.5 Å². The van der Waals surface area contributed by atoms with Gasteiger partial charge in [-0.25, -0.2) is 14.8 Å². The lowest BCUT2D eigenvalue weighted by Gasteiger charge is -2.21. The highest BCUT2D eigenvalue weighted by Gasteiger charge is 2.20. The van der Waals surface area contributed by atoms with Crippen LogP contribution in [-0.4, -0.2) is 44.0 Å². The molecule has 1 amide bonds. The number of hydrogen-bond acceptors (Lipinski definition) is 6. The first-order chi connectivity index (χ1) is 13.7. The number of rotatable bonds is 6. The van der Waals surface area contributed by atoms with E-state index in [1.807, 2.05) is 28.8 Å². The molecule has 3 rings (SSSR count). The van der Waals surface area contributed by atoms with Crippen molar-refractivity contribution < 1.29 is 14.6 Å². The predicted octanol–water partition coefficient (Wildman–Crippen LogP) is 3.00. The number of aryl methyl sites for hydroxylation is 1. The maximum absolute atomic E-state index is 11.9. The molecular formula is C21H29N5O3. The number of carbonyl (C=O) groups is 1. The molecule has 0 radical (unpaired) electrons. The van der Waals surface area contributed by atoms with E-state index in [2.05, 4.69) is 17.2 Å². The number of aliphatic hydroxyl groups is 1. The SMILES string of the molecule is CCCc1nc2c(N)nc3ccccc3c2n1CC(O)CNC(=O)OC(C)(C)C. The van der Waals surface area contributed by atoms with Gasteiger partial charge >= 0.3 is 6.09 Å². The summed E-state index contributed by atoms with van der Waals surface area (Å²) in [5.41, 5.74) is 7.85. The van der Waals surface area contributed by atoms with Crippen LogP contribution in [0.4, 0.5) is 10.6 Å². The van der Waals surface area contributed by atoms with Crippen LogP contribution in [0.25, 0.3) is 21.9 Å². The molecule has 4 N–H and O–H groups in total. The van der Waals surface area contributed by atoms with Crippen molar-refractivity contribution in [1.29, 1.82) is 0 Å². The third-order valence-electron chi connectivity index (χ3n) is 4.44. The van der Waals surface area contributed by atoms with Gasteiger partial charge in [0.05, 0.1) is 23.7 Å². The van der Waals surface area contributed by atoms with Gasteiger partial charge in [-0.05, 0) is 33.3 Å². The molecule has 0 aliphatic rings. The molecule has 0 bridgehead atoms. The second kappa shape index (κ2) is 8.24. The number of imidazole rings is 1. The largest absolute Gasteiger partial charge is 0.444 e. The molecule has 8 heteroatoms. The Bertz CT molecular complexity index is 1020. The number of anilines is 1. The molecule has 0 aliphatic carbocycles. The van der Waals surface area contributed by atoms with Crippen LogP contribution in [0, 0.1) is 0 Å². The number of nitrogen functional groups attached to an aromatic ring is 1. The van der Waals surface area contributed by atoms with E-state index in [1.165, 1.54) is 0 Å². The molecule has 0 spiro atoms. The Morgan fingerprint density at radius 1 is 1.31 bits per heavy atom. The second-order valence-corrected chi connectivity index (χ2v) is 8.14. The molecule has 2 aromatic heterocycles. The summed E-state index contributed by atoms with van der Waals surface area (Å²) in [5.74, 6) is 1.21. The number of amides is 1. The monoisotopic (exact) mass is 399 g/mol. The number of carbonyl (C=O) groups excluding carboxylic acids is 1. The van der Waals surface area contributed by atoms with Crippen LogP contribution in [0.3, 0.4) is 0 Å².